The predicted molar refractivity (Wildman–Crippen MR) is 341 cm³/mol. The van der Waals surface area contributed by atoms with E-state index in [4.69, 9.17) is 28.7 Å². The van der Waals surface area contributed by atoms with Gasteiger partial charge in [-0.2, -0.15) is 11.8 Å². The van der Waals surface area contributed by atoms with Crippen LogP contribution in [0.5, 0.6) is 0 Å². The molecule has 2 saturated heterocycles. The summed E-state index contributed by atoms with van der Waals surface area (Å²) in [6.07, 6.45) is 8.79. The van der Waals surface area contributed by atoms with E-state index in [0.29, 0.717) is 133 Å². The number of fused-ring (bicyclic) bond motifs is 1. The highest BCUT2D eigenvalue weighted by atomic mass is 32.2. The first-order valence-electron chi connectivity index (χ1n) is 31.7. The zero-order valence-corrected chi connectivity index (χ0v) is 53.2. The van der Waals surface area contributed by atoms with E-state index in [1.54, 1.807) is 26.0 Å². The first kappa shape index (κ1) is 73.8. The van der Waals surface area contributed by atoms with Gasteiger partial charge in [0, 0.05) is 63.8 Å². The van der Waals surface area contributed by atoms with Gasteiger partial charge < -0.3 is 74.0 Å². The van der Waals surface area contributed by atoms with Gasteiger partial charge in [0.25, 0.3) is 0 Å². The van der Waals surface area contributed by atoms with E-state index in [2.05, 4.69) is 16.0 Å². The Morgan fingerprint density at radius 1 is 0.557 bits per heavy atom. The number of rotatable bonds is 44. The Labute approximate surface area is 525 Å². The second kappa shape index (κ2) is 40.8. The molecule has 13 N–H and O–H groups in total. The van der Waals surface area contributed by atoms with Gasteiger partial charge in [0.2, 0.25) is 59.1 Å². The van der Waals surface area contributed by atoms with Gasteiger partial charge in [-0.25, -0.2) is 0 Å². The van der Waals surface area contributed by atoms with Crippen LogP contribution in [-0.2, 0) is 47.9 Å². The minimum atomic E-state index is -1.06. The zero-order valence-electron chi connectivity index (χ0n) is 52.4. The first-order valence-corrected chi connectivity index (χ1v) is 32.7. The Morgan fingerprint density at radius 2 is 1.01 bits per heavy atom. The molecule has 0 radical (unpaired) electrons. The average molecular weight is 1250 g/mol. The largest absolute Gasteiger partial charge is 0.368 e. The van der Waals surface area contributed by atoms with Crippen LogP contribution in [0.1, 0.15) is 147 Å². The van der Waals surface area contributed by atoms with Crippen LogP contribution in [0.2, 0.25) is 0 Å². The van der Waals surface area contributed by atoms with E-state index in [0.717, 1.165) is 30.6 Å². The summed E-state index contributed by atoms with van der Waals surface area (Å²) in [6.45, 7) is 4.68. The molecule has 10 amide bonds. The monoisotopic (exact) mass is 1250 g/mol. The summed E-state index contributed by atoms with van der Waals surface area (Å²) in [7, 11) is 0. The number of primary amides is 1. The normalized spacial score (nSPS) is 16.1. The third-order valence-electron chi connectivity index (χ3n) is 16.4. The minimum Gasteiger partial charge on any atom is -0.368 e. The van der Waals surface area contributed by atoms with Crippen LogP contribution in [0.15, 0.2) is 60.7 Å². The standard InChI is InChI=1S/C63H102N14O10S/c1-46(49-22-6-4-7-23-49)76(60(85)41-72(48(3)78)34-18-13-29-64)44-59(84)74(36-20-15-31-66)40-57(82)75(37-21-16-32-67)42-61(86)77(47(2)50-24-8-5-9-25-50)43-58(83)73(35-19-14-30-65)39-56(81)70-52(63(68)87)26-12-17-33-69-54(79)28-11-10-27-53-62-51(45-88-53)38-55(80)71-62/h4-9,22-25,46-47,51-53,62H,10-21,26-45,64-67H2,1-3H3,(H2,68,87)(H,69,79)(H,70,81)(H,71,80)/t46-,47-,51-,52-,53?,62-/m0/s1. The molecule has 2 aromatic carbocycles. The summed E-state index contributed by atoms with van der Waals surface area (Å²) >= 11 is 1.90. The topological polar surface area (TPSA) is 356 Å². The maximum Gasteiger partial charge on any atom is 0.243 e. The van der Waals surface area contributed by atoms with Gasteiger partial charge >= 0.3 is 0 Å². The number of amides is 10. The molecule has 1 unspecified atom stereocenters. The van der Waals surface area contributed by atoms with E-state index in [1.165, 1.54) is 36.3 Å². The van der Waals surface area contributed by atoms with Crippen molar-refractivity contribution in [1.82, 2.24) is 45.3 Å². The number of nitrogens with two attached hydrogens (primary N) is 5. The van der Waals surface area contributed by atoms with E-state index >= 15 is 0 Å². The van der Waals surface area contributed by atoms with Crippen LogP contribution in [0, 0.1) is 5.92 Å². The lowest BCUT2D eigenvalue weighted by molar-refractivity contribution is -0.149. The molecule has 0 aromatic heterocycles. The Balaban J connectivity index is 1.47. The van der Waals surface area contributed by atoms with Crippen LogP contribution >= 0.6 is 11.8 Å². The lowest BCUT2D eigenvalue weighted by atomic mass is 9.97. The van der Waals surface area contributed by atoms with Crippen molar-refractivity contribution in [3.05, 3.63) is 71.8 Å². The number of unbranched alkanes of at least 4 members (excludes halogenated alkanes) is 6. The number of carbonyl (C=O) groups excluding carboxylic acids is 10. The molecule has 0 bridgehead atoms. The Hall–Kier alpha value is -6.67. The zero-order chi connectivity index (χ0) is 64.4. The van der Waals surface area contributed by atoms with Gasteiger partial charge in [0.05, 0.1) is 38.3 Å². The van der Waals surface area contributed by atoms with Crippen molar-refractivity contribution in [2.24, 2.45) is 34.6 Å². The fourth-order valence-corrected chi connectivity index (χ4v) is 12.7. The minimum absolute atomic E-state index is 0.0725. The van der Waals surface area contributed by atoms with Crippen molar-refractivity contribution < 1.29 is 47.9 Å². The highest BCUT2D eigenvalue weighted by Gasteiger charge is 2.43. The SMILES string of the molecule is CC(=O)N(CCCCN)CC(=O)N(CC(=O)N(CCCCN)CC(=O)N(CCCCN)CC(=O)N(CC(=O)N(CCCCN)CC(=O)N[C@@H](CCCCNC(=O)CCCCC1SC[C@@H]2CC(=O)N[C@H]12)C(N)=O)[C@@H](C)c1ccccc1)[C@@H](C)c1ccccc1. The summed E-state index contributed by atoms with van der Waals surface area (Å²) in [6, 6.07) is 16.1. The van der Waals surface area contributed by atoms with E-state index < -0.39 is 92.2 Å². The van der Waals surface area contributed by atoms with Crippen LogP contribution in [-0.4, -0.2) is 210 Å². The molecule has 88 heavy (non-hydrogen) atoms. The smallest absolute Gasteiger partial charge is 0.243 e. The number of carbonyl (C=O) groups is 10. The molecule has 0 saturated carbocycles. The quantitative estimate of drug-likeness (QED) is 0.0439. The predicted octanol–water partition coefficient (Wildman–Crippen LogP) is 1.89. The molecular formula is C63H102N14O10S. The van der Waals surface area contributed by atoms with Gasteiger partial charge in [-0.3, -0.25) is 47.9 Å². The lowest BCUT2D eigenvalue weighted by Gasteiger charge is -2.35. The van der Waals surface area contributed by atoms with Crippen LogP contribution in [0.25, 0.3) is 0 Å². The van der Waals surface area contributed by atoms with Gasteiger partial charge in [-0.1, -0.05) is 67.1 Å². The molecular weight excluding hydrogens is 1140 g/mol. The molecule has 2 heterocycles. The van der Waals surface area contributed by atoms with Crippen LogP contribution in [0.3, 0.4) is 0 Å². The Kier molecular flexibility index (Phi) is 34.2. The molecule has 2 fully saturated rings. The highest BCUT2D eigenvalue weighted by Crippen LogP contribution is 2.39. The van der Waals surface area contributed by atoms with Crippen molar-refractivity contribution in [3.63, 3.8) is 0 Å². The fourth-order valence-electron chi connectivity index (χ4n) is 11.0. The number of nitrogens with one attached hydrogen (secondary N) is 3. The Morgan fingerprint density at radius 3 is 1.49 bits per heavy atom. The summed E-state index contributed by atoms with van der Waals surface area (Å²) < 4.78 is 0. The summed E-state index contributed by atoms with van der Waals surface area (Å²) in [5.74, 6) is -2.98. The van der Waals surface area contributed by atoms with Crippen molar-refractivity contribution in [1.29, 1.82) is 0 Å². The van der Waals surface area contributed by atoms with Crippen molar-refractivity contribution in [2.45, 2.75) is 153 Å². The van der Waals surface area contributed by atoms with E-state index in [1.807, 2.05) is 60.3 Å². The Bertz CT molecular complexity index is 2520. The summed E-state index contributed by atoms with van der Waals surface area (Å²) in [5, 5.41) is 9.11. The molecule has 6 atom stereocenters. The highest BCUT2D eigenvalue weighted by molar-refractivity contribution is 8.00. The third kappa shape index (κ3) is 25.8. The molecule has 0 spiro atoms. The van der Waals surface area contributed by atoms with Crippen molar-refractivity contribution >= 4 is 70.8 Å². The molecule has 2 aliphatic heterocycles. The molecule has 2 aliphatic rings. The molecule has 4 rings (SSSR count). The lowest BCUT2D eigenvalue weighted by Crippen LogP contribution is -2.53. The van der Waals surface area contributed by atoms with Crippen LogP contribution < -0.4 is 44.6 Å². The van der Waals surface area contributed by atoms with Crippen molar-refractivity contribution in [2.75, 3.05) is 104 Å². The second-order valence-electron chi connectivity index (χ2n) is 23.1. The molecule has 24 nitrogen and oxygen atoms in total. The summed E-state index contributed by atoms with van der Waals surface area (Å²) in [4.78, 5) is 145. The number of nitrogens with zero attached hydrogens (tertiary/aromatic N) is 6. The number of hydrogen-bond donors (Lipinski definition) is 8. The number of benzene rings is 2. The van der Waals surface area contributed by atoms with E-state index in [9.17, 15) is 47.9 Å². The fraction of sp³-hybridized carbons (Fsp3) is 0.651. The van der Waals surface area contributed by atoms with E-state index in [-0.39, 0.29) is 56.4 Å². The van der Waals surface area contributed by atoms with Crippen molar-refractivity contribution in [3.8, 4) is 0 Å². The first-order chi connectivity index (χ1) is 42.3. The summed E-state index contributed by atoms with van der Waals surface area (Å²) in [5.41, 5.74) is 30.6. The molecule has 0 aliphatic carbocycles. The molecule has 490 valence electrons. The van der Waals surface area contributed by atoms with Gasteiger partial charge in [0.1, 0.15) is 19.1 Å². The maximum atomic E-state index is 15.0. The third-order valence-corrected chi connectivity index (χ3v) is 17.9. The average Bonchev–Trinajstić information content (AvgIpc) is 4.21. The number of hydrogen-bond acceptors (Lipinski definition) is 15. The number of thioether (sulfide) groups is 1. The maximum absolute atomic E-state index is 15.0. The van der Waals surface area contributed by atoms with Gasteiger partial charge in [0.15, 0.2) is 0 Å². The molecule has 2 aromatic rings. The molecule has 25 heteroatoms. The van der Waals surface area contributed by atoms with Gasteiger partial charge in [-0.05, 0) is 146 Å². The second-order valence-corrected chi connectivity index (χ2v) is 24.4. The van der Waals surface area contributed by atoms with Crippen LogP contribution in [0.4, 0.5) is 0 Å². The van der Waals surface area contributed by atoms with Gasteiger partial charge in [-0.15, -0.1) is 0 Å².